The molecular weight excluding hydrogens is 377 g/mol. The molecule has 0 aliphatic carbocycles. The summed E-state index contributed by atoms with van der Waals surface area (Å²) in [5.41, 5.74) is 6.23. The van der Waals surface area contributed by atoms with E-state index in [1.807, 2.05) is 41.4 Å². The minimum absolute atomic E-state index is 0.151. The highest BCUT2D eigenvalue weighted by molar-refractivity contribution is 7.80. The van der Waals surface area contributed by atoms with E-state index < -0.39 is 0 Å². The summed E-state index contributed by atoms with van der Waals surface area (Å²) >= 11 is 17.9. The summed E-state index contributed by atoms with van der Waals surface area (Å²) in [5.74, 6) is 0.808. The van der Waals surface area contributed by atoms with Crippen LogP contribution in [0, 0.1) is 0 Å². The smallest absolute Gasteiger partial charge is 0.188 e. The minimum atomic E-state index is -0.151. The molecule has 0 aromatic heterocycles. The second kappa shape index (κ2) is 7.52. The lowest BCUT2D eigenvalue weighted by Gasteiger charge is -2.28. The molecule has 25 heavy (non-hydrogen) atoms. The molecule has 7 heteroatoms. The van der Waals surface area contributed by atoms with E-state index in [-0.39, 0.29) is 6.04 Å². The van der Waals surface area contributed by atoms with Gasteiger partial charge >= 0.3 is 0 Å². The van der Waals surface area contributed by atoms with Crippen LogP contribution in [0.3, 0.4) is 0 Å². The highest BCUT2D eigenvalue weighted by Crippen LogP contribution is 2.36. The van der Waals surface area contributed by atoms with E-state index in [1.165, 1.54) is 0 Å². The van der Waals surface area contributed by atoms with Crippen molar-refractivity contribution in [2.45, 2.75) is 6.04 Å². The third kappa shape index (κ3) is 3.68. The van der Waals surface area contributed by atoms with E-state index in [1.54, 1.807) is 20.2 Å². The Labute approximate surface area is 162 Å². The molecule has 1 atom stereocenters. The monoisotopic (exact) mass is 393 g/mol. The number of hydrogen-bond acceptors (Lipinski definition) is 3. The first-order valence-corrected chi connectivity index (χ1v) is 8.78. The zero-order chi connectivity index (χ0) is 18.0. The molecule has 1 aliphatic rings. The van der Waals surface area contributed by atoms with Gasteiger partial charge in [0.25, 0.3) is 0 Å². The molecule has 1 aliphatic heterocycles. The first kappa shape index (κ1) is 17.9. The van der Waals surface area contributed by atoms with E-state index in [9.17, 15) is 0 Å². The van der Waals surface area contributed by atoms with Crippen molar-refractivity contribution in [3.63, 3.8) is 0 Å². The van der Waals surface area contributed by atoms with E-state index in [0.717, 1.165) is 22.6 Å². The summed E-state index contributed by atoms with van der Waals surface area (Å²) < 4.78 is 5.21. The second-order valence-corrected chi connectivity index (χ2v) is 6.69. The van der Waals surface area contributed by atoms with E-state index >= 15 is 0 Å². The summed E-state index contributed by atoms with van der Waals surface area (Å²) in [6.45, 7) is 0. The van der Waals surface area contributed by atoms with Crippen LogP contribution in [0.4, 0.5) is 0 Å². The maximum atomic E-state index is 6.41. The van der Waals surface area contributed by atoms with Gasteiger partial charge in [-0.3, -0.25) is 10.4 Å². The minimum Gasteiger partial charge on any atom is -0.497 e. The van der Waals surface area contributed by atoms with Crippen molar-refractivity contribution in [3.05, 3.63) is 69.7 Å². The van der Waals surface area contributed by atoms with Crippen molar-refractivity contribution in [1.29, 1.82) is 0 Å². The summed E-state index contributed by atoms with van der Waals surface area (Å²) in [7, 11) is 3.43. The third-order valence-electron chi connectivity index (χ3n) is 3.96. The molecule has 0 saturated heterocycles. The van der Waals surface area contributed by atoms with E-state index in [4.69, 9.17) is 40.2 Å². The van der Waals surface area contributed by atoms with Crippen LogP contribution in [-0.4, -0.2) is 24.3 Å². The van der Waals surface area contributed by atoms with Gasteiger partial charge in [-0.1, -0.05) is 29.3 Å². The van der Waals surface area contributed by atoms with E-state index in [0.29, 0.717) is 15.2 Å². The van der Waals surface area contributed by atoms with Crippen molar-refractivity contribution in [2.75, 3.05) is 14.2 Å². The Hall–Kier alpha value is -1.95. The molecule has 0 fully saturated rings. The van der Waals surface area contributed by atoms with Crippen LogP contribution in [0.15, 0.2) is 48.5 Å². The molecule has 2 aromatic rings. The fourth-order valence-electron chi connectivity index (χ4n) is 2.67. The number of hydrazine groups is 1. The molecular formula is C18H17Cl2N3OS. The molecule has 3 rings (SSSR count). The Morgan fingerprint density at radius 1 is 1.20 bits per heavy atom. The first-order chi connectivity index (χ1) is 12.0. The molecule has 2 aromatic carbocycles. The lowest BCUT2D eigenvalue weighted by molar-refractivity contribution is 0.339. The molecule has 0 amide bonds. The van der Waals surface area contributed by atoms with Crippen LogP contribution >= 0.6 is 35.4 Å². The Morgan fingerprint density at radius 2 is 1.92 bits per heavy atom. The number of halogens is 2. The second-order valence-electron chi connectivity index (χ2n) is 5.46. The maximum Gasteiger partial charge on any atom is 0.188 e. The lowest BCUT2D eigenvalue weighted by atomic mass is 10.0. The summed E-state index contributed by atoms with van der Waals surface area (Å²) in [6.07, 6.45) is 2.08. The number of nitrogens with zero attached hydrogens (tertiary/aromatic N) is 1. The molecule has 0 unspecified atom stereocenters. The standard InChI is InChI=1S/C18H17Cl2N3OS/c1-21-18(25)23-17(14-8-5-12(19)9-15(14)20)10-16(22-23)11-3-6-13(24-2)7-4-11/h3-10,17,22H,1-2H3,(H,21,25)/t17-/m1/s1. The molecule has 0 radical (unpaired) electrons. The van der Waals surface area contributed by atoms with Gasteiger partial charge in [-0.05, 0) is 65.8 Å². The quantitative estimate of drug-likeness (QED) is 0.755. The number of thiocarbonyl (C=S) groups is 1. The predicted octanol–water partition coefficient (Wildman–Crippen LogP) is 4.41. The zero-order valence-corrected chi connectivity index (χ0v) is 16.0. The highest BCUT2D eigenvalue weighted by atomic mass is 35.5. The fourth-order valence-corrected chi connectivity index (χ4v) is 3.35. The van der Waals surface area contributed by atoms with Gasteiger partial charge in [-0.25, -0.2) is 0 Å². The molecule has 2 N–H and O–H groups in total. The van der Waals surface area contributed by atoms with Crippen molar-refractivity contribution in [1.82, 2.24) is 15.8 Å². The Bertz CT molecular complexity index is 824. The largest absolute Gasteiger partial charge is 0.497 e. The van der Waals surface area contributed by atoms with E-state index in [2.05, 4.69) is 16.8 Å². The topological polar surface area (TPSA) is 36.5 Å². The molecule has 0 bridgehead atoms. The van der Waals surface area contributed by atoms with Crippen LogP contribution in [0.25, 0.3) is 5.70 Å². The van der Waals surface area contributed by atoms with Crippen LogP contribution in [0.1, 0.15) is 17.2 Å². The molecule has 0 spiro atoms. The van der Waals surface area contributed by atoms with Gasteiger partial charge in [0.05, 0.1) is 18.8 Å². The van der Waals surface area contributed by atoms with Gasteiger partial charge in [-0.2, -0.15) is 0 Å². The van der Waals surface area contributed by atoms with Crippen molar-refractivity contribution in [2.24, 2.45) is 0 Å². The number of methoxy groups -OCH3 is 1. The average molecular weight is 394 g/mol. The molecule has 130 valence electrons. The van der Waals surface area contributed by atoms with Gasteiger partial charge in [0.1, 0.15) is 5.75 Å². The highest BCUT2D eigenvalue weighted by Gasteiger charge is 2.29. The third-order valence-corrected chi connectivity index (χ3v) is 4.92. The van der Waals surface area contributed by atoms with Crippen molar-refractivity contribution >= 4 is 46.2 Å². The Balaban J connectivity index is 1.99. The van der Waals surface area contributed by atoms with Gasteiger partial charge in [0, 0.05) is 17.1 Å². The maximum absolute atomic E-state index is 6.41. The van der Waals surface area contributed by atoms with Gasteiger partial charge < -0.3 is 10.1 Å². The van der Waals surface area contributed by atoms with Gasteiger partial charge in [-0.15, -0.1) is 0 Å². The van der Waals surface area contributed by atoms with Crippen LogP contribution < -0.4 is 15.5 Å². The Morgan fingerprint density at radius 3 is 2.52 bits per heavy atom. The summed E-state index contributed by atoms with van der Waals surface area (Å²) in [5, 5.41) is 6.62. The first-order valence-electron chi connectivity index (χ1n) is 7.62. The lowest BCUT2D eigenvalue weighted by Crippen LogP contribution is -2.44. The van der Waals surface area contributed by atoms with Crippen LogP contribution in [-0.2, 0) is 0 Å². The number of benzene rings is 2. The van der Waals surface area contributed by atoms with Crippen LogP contribution in [0.2, 0.25) is 10.0 Å². The predicted molar refractivity (Wildman–Crippen MR) is 107 cm³/mol. The van der Waals surface area contributed by atoms with Crippen molar-refractivity contribution < 1.29 is 4.74 Å². The fraction of sp³-hybridized carbons (Fsp3) is 0.167. The number of nitrogens with one attached hydrogen (secondary N) is 2. The zero-order valence-electron chi connectivity index (χ0n) is 13.7. The van der Waals surface area contributed by atoms with Gasteiger partial charge in [0.15, 0.2) is 5.11 Å². The number of rotatable bonds is 3. The van der Waals surface area contributed by atoms with Crippen molar-refractivity contribution in [3.8, 4) is 5.75 Å². The summed E-state index contributed by atoms with van der Waals surface area (Å²) in [4.78, 5) is 0. The number of hydrogen-bond donors (Lipinski definition) is 2. The number of ether oxygens (including phenoxy) is 1. The molecule has 1 heterocycles. The molecule has 0 saturated carbocycles. The average Bonchev–Trinajstić information content (AvgIpc) is 3.06. The normalized spacial score (nSPS) is 16.2. The van der Waals surface area contributed by atoms with Gasteiger partial charge in [0.2, 0.25) is 0 Å². The summed E-state index contributed by atoms with van der Waals surface area (Å²) in [6, 6.07) is 13.1. The SMILES string of the molecule is CNC(=S)N1NC(c2ccc(OC)cc2)=C[C@@H]1c1ccc(Cl)cc1Cl. The Kier molecular flexibility index (Phi) is 5.37. The van der Waals surface area contributed by atoms with Crippen LogP contribution in [0.5, 0.6) is 5.75 Å². The molecule has 4 nitrogen and oxygen atoms in total.